The van der Waals surface area contributed by atoms with Crippen molar-refractivity contribution in [2.45, 2.75) is 51.6 Å². The topological polar surface area (TPSA) is 67.5 Å². The highest BCUT2D eigenvalue weighted by atomic mass is 32.2. The number of nitrogens with two attached hydrogens (primary N) is 1. The quantitative estimate of drug-likeness (QED) is 0.769. The van der Waals surface area contributed by atoms with Gasteiger partial charge in [0.1, 0.15) is 0 Å². The summed E-state index contributed by atoms with van der Waals surface area (Å²) in [5, 5.41) is 4.42. The van der Waals surface area contributed by atoms with Gasteiger partial charge >= 0.3 is 0 Å². The highest BCUT2D eigenvalue weighted by Crippen LogP contribution is 2.29. The first-order valence-electron chi connectivity index (χ1n) is 5.78. The van der Waals surface area contributed by atoms with Gasteiger partial charge in [-0.15, -0.1) is 0 Å². The number of amides is 1. The summed E-state index contributed by atoms with van der Waals surface area (Å²) in [5.41, 5.74) is 5.33. The van der Waals surface area contributed by atoms with Crippen LogP contribution in [0.4, 0.5) is 0 Å². The average Bonchev–Trinajstić information content (AvgIpc) is 2.61. The van der Waals surface area contributed by atoms with Crippen LogP contribution in [-0.4, -0.2) is 28.4 Å². The van der Waals surface area contributed by atoms with E-state index in [4.69, 9.17) is 5.73 Å². The third-order valence-electron chi connectivity index (χ3n) is 3.05. The lowest BCUT2D eigenvalue weighted by Crippen LogP contribution is -2.42. The molecular weight excluding hydrogens is 222 g/mol. The Morgan fingerprint density at radius 2 is 2.25 bits per heavy atom. The number of aliphatic imine (C=N–C) groups is 1. The molecule has 0 bridgehead atoms. The number of carbonyl (C=O) groups is 1. The molecule has 0 radical (unpaired) electrons. The Labute approximate surface area is 101 Å². The first-order valence-corrected chi connectivity index (χ1v) is 6.77. The molecule has 3 N–H and O–H groups in total. The number of hydrogen-bond acceptors (Lipinski definition) is 3. The molecule has 0 aliphatic carbocycles. The lowest BCUT2D eigenvalue weighted by atomic mass is 9.96. The van der Waals surface area contributed by atoms with Gasteiger partial charge in [-0.05, 0) is 19.8 Å². The highest BCUT2D eigenvalue weighted by Gasteiger charge is 2.33. The normalized spacial score (nSPS) is 23.1. The van der Waals surface area contributed by atoms with Crippen LogP contribution in [0.25, 0.3) is 0 Å². The van der Waals surface area contributed by atoms with Gasteiger partial charge in [0.05, 0.1) is 6.04 Å². The van der Waals surface area contributed by atoms with Crippen LogP contribution in [0.2, 0.25) is 0 Å². The van der Waals surface area contributed by atoms with E-state index < -0.39 is 0 Å². The van der Waals surface area contributed by atoms with Gasteiger partial charge in [0, 0.05) is 17.7 Å². The van der Waals surface area contributed by atoms with E-state index in [0.29, 0.717) is 6.42 Å². The smallest absolute Gasteiger partial charge is 0.219 e. The minimum absolute atomic E-state index is 0.0305. The van der Waals surface area contributed by atoms with Crippen molar-refractivity contribution in [3.63, 3.8) is 0 Å². The van der Waals surface area contributed by atoms with Crippen molar-refractivity contribution < 1.29 is 4.79 Å². The molecule has 1 unspecified atom stereocenters. The van der Waals surface area contributed by atoms with E-state index in [1.807, 2.05) is 6.92 Å². The summed E-state index contributed by atoms with van der Waals surface area (Å²) in [6, 6.07) is -0.0305. The molecule has 1 aliphatic heterocycles. The summed E-state index contributed by atoms with van der Waals surface area (Å²) in [7, 11) is 0. The Hall–Kier alpha value is -0.710. The number of nitrogens with one attached hydrogen (secondary N) is 1. The van der Waals surface area contributed by atoms with Crippen LogP contribution in [0.15, 0.2) is 4.99 Å². The Bertz CT molecular complexity index is 287. The summed E-state index contributed by atoms with van der Waals surface area (Å²) in [4.78, 5) is 15.2. The minimum Gasteiger partial charge on any atom is -0.370 e. The van der Waals surface area contributed by atoms with Crippen LogP contribution in [-0.2, 0) is 4.79 Å². The van der Waals surface area contributed by atoms with E-state index in [9.17, 15) is 4.79 Å². The molecule has 1 rings (SSSR count). The van der Waals surface area contributed by atoms with E-state index in [1.54, 1.807) is 11.8 Å². The fourth-order valence-corrected chi connectivity index (χ4v) is 3.18. The lowest BCUT2D eigenvalue weighted by molar-refractivity contribution is -0.118. The molecule has 0 aromatic carbocycles. The molecule has 0 spiro atoms. The van der Waals surface area contributed by atoms with Crippen molar-refractivity contribution >= 4 is 22.8 Å². The number of primary amides is 1. The van der Waals surface area contributed by atoms with Gasteiger partial charge in [-0.1, -0.05) is 25.6 Å². The fourth-order valence-electron chi connectivity index (χ4n) is 1.74. The molecule has 1 atom stereocenters. The van der Waals surface area contributed by atoms with Crippen LogP contribution >= 0.6 is 11.8 Å². The summed E-state index contributed by atoms with van der Waals surface area (Å²) in [6.45, 7) is 6.29. The van der Waals surface area contributed by atoms with Crippen LogP contribution in [0, 0.1) is 0 Å². The molecule has 1 saturated heterocycles. The van der Waals surface area contributed by atoms with Crippen molar-refractivity contribution in [1.82, 2.24) is 5.32 Å². The van der Waals surface area contributed by atoms with Gasteiger partial charge in [-0.25, -0.2) is 0 Å². The zero-order chi connectivity index (χ0) is 12.2. The van der Waals surface area contributed by atoms with Crippen LogP contribution in [0.3, 0.4) is 0 Å². The summed E-state index contributed by atoms with van der Waals surface area (Å²) < 4.78 is 0. The third-order valence-corrected chi connectivity index (χ3v) is 4.22. The minimum atomic E-state index is -0.294. The van der Waals surface area contributed by atoms with Gasteiger partial charge in [0.2, 0.25) is 5.91 Å². The zero-order valence-electron chi connectivity index (χ0n) is 10.2. The van der Waals surface area contributed by atoms with Gasteiger partial charge in [-0.2, -0.15) is 0 Å². The molecular formula is C11H21N3OS. The molecule has 0 aromatic heterocycles. The van der Waals surface area contributed by atoms with Crippen molar-refractivity contribution in [3.8, 4) is 0 Å². The monoisotopic (exact) mass is 243 g/mol. The average molecular weight is 243 g/mol. The first kappa shape index (κ1) is 13.4. The maximum atomic E-state index is 10.7. The maximum absolute atomic E-state index is 10.7. The SMILES string of the molecule is CCC1(CC)CSC(=NC(C)CC(N)=O)N1. The molecule has 1 aliphatic rings. The Balaban J connectivity index is 2.58. The highest BCUT2D eigenvalue weighted by molar-refractivity contribution is 8.14. The summed E-state index contributed by atoms with van der Waals surface area (Å²) in [6.07, 6.45) is 2.51. The first-order chi connectivity index (χ1) is 7.51. The molecule has 4 nitrogen and oxygen atoms in total. The van der Waals surface area contributed by atoms with Gasteiger partial charge < -0.3 is 11.1 Å². The van der Waals surface area contributed by atoms with Gasteiger partial charge in [0.25, 0.3) is 0 Å². The predicted molar refractivity (Wildman–Crippen MR) is 69.6 cm³/mol. The molecule has 1 heterocycles. The van der Waals surface area contributed by atoms with Crippen molar-refractivity contribution in [2.24, 2.45) is 10.7 Å². The van der Waals surface area contributed by atoms with E-state index in [-0.39, 0.29) is 17.5 Å². The molecule has 5 heteroatoms. The van der Waals surface area contributed by atoms with Crippen LogP contribution < -0.4 is 11.1 Å². The Morgan fingerprint density at radius 1 is 1.62 bits per heavy atom. The second-order valence-electron chi connectivity index (χ2n) is 4.35. The summed E-state index contributed by atoms with van der Waals surface area (Å²) in [5.74, 6) is 0.763. The number of thioether (sulfide) groups is 1. The van der Waals surface area contributed by atoms with Crippen LogP contribution in [0.5, 0.6) is 0 Å². The van der Waals surface area contributed by atoms with Gasteiger partial charge in [-0.3, -0.25) is 9.79 Å². The molecule has 0 aromatic rings. The zero-order valence-corrected chi connectivity index (χ0v) is 11.1. The largest absolute Gasteiger partial charge is 0.370 e. The van der Waals surface area contributed by atoms with Gasteiger partial charge in [0.15, 0.2) is 5.17 Å². The van der Waals surface area contributed by atoms with Crippen molar-refractivity contribution in [3.05, 3.63) is 0 Å². The van der Waals surface area contributed by atoms with E-state index in [2.05, 4.69) is 24.2 Å². The lowest BCUT2D eigenvalue weighted by Gasteiger charge is -2.25. The number of carbonyl (C=O) groups excluding carboxylic acids is 1. The summed E-state index contributed by atoms with van der Waals surface area (Å²) >= 11 is 1.74. The number of rotatable bonds is 5. The molecule has 0 saturated carbocycles. The predicted octanol–water partition coefficient (Wildman–Crippen LogP) is 1.50. The van der Waals surface area contributed by atoms with E-state index >= 15 is 0 Å². The number of amidine groups is 1. The van der Waals surface area contributed by atoms with Crippen molar-refractivity contribution in [1.29, 1.82) is 0 Å². The number of nitrogens with zero attached hydrogens (tertiary/aromatic N) is 1. The molecule has 16 heavy (non-hydrogen) atoms. The molecule has 1 amide bonds. The Kier molecular flexibility index (Phi) is 4.65. The second-order valence-corrected chi connectivity index (χ2v) is 5.32. The molecule has 92 valence electrons. The van der Waals surface area contributed by atoms with Crippen molar-refractivity contribution in [2.75, 3.05) is 5.75 Å². The number of hydrogen-bond donors (Lipinski definition) is 2. The van der Waals surface area contributed by atoms with Crippen LogP contribution in [0.1, 0.15) is 40.0 Å². The Morgan fingerprint density at radius 3 is 2.69 bits per heavy atom. The van der Waals surface area contributed by atoms with E-state index in [1.165, 1.54) is 0 Å². The second kappa shape index (κ2) is 5.57. The van der Waals surface area contributed by atoms with E-state index in [0.717, 1.165) is 23.8 Å². The molecule has 1 fully saturated rings. The fraction of sp³-hybridized carbons (Fsp3) is 0.818. The standard InChI is InChI=1S/C11H21N3OS/c1-4-11(5-2)7-16-10(14-11)13-8(3)6-9(12)15/h8H,4-7H2,1-3H3,(H2,12,15)(H,13,14). The maximum Gasteiger partial charge on any atom is 0.219 e. The third kappa shape index (κ3) is 3.40.